The van der Waals surface area contributed by atoms with Crippen LogP contribution in [0.4, 0.5) is 4.79 Å². The fourth-order valence-corrected chi connectivity index (χ4v) is 3.68. The maximum Gasteiger partial charge on any atom is 0.317 e. The lowest BCUT2D eigenvalue weighted by molar-refractivity contribution is 0.176. The third kappa shape index (κ3) is 4.33. The normalized spacial score (nSPS) is 14.6. The Labute approximate surface area is 166 Å². The Kier molecular flexibility index (Phi) is 5.56. The van der Waals surface area contributed by atoms with E-state index in [4.69, 9.17) is 0 Å². The molecule has 2 aromatic carbocycles. The van der Waals surface area contributed by atoms with E-state index in [1.54, 1.807) is 0 Å². The van der Waals surface area contributed by atoms with Crippen molar-refractivity contribution >= 4 is 16.9 Å². The monoisotopic (exact) mass is 373 g/mol. The Balaban J connectivity index is 1.41. The molecule has 0 spiro atoms. The van der Waals surface area contributed by atoms with Crippen LogP contribution in [0.2, 0.25) is 0 Å². The zero-order chi connectivity index (χ0) is 19.3. The van der Waals surface area contributed by atoms with E-state index in [0.717, 1.165) is 23.9 Å². The number of carbonyl (C=O) groups excluding carboxylic acids is 1. The highest BCUT2D eigenvalue weighted by Gasteiger charge is 2.30. The molecule has 1 N–H and O–H groups in total. The second-order valence-electron chi connectivity index (χ2n) is 7.66. The number of amides is 2. The number of carbonyl (C=O) groups is 1. The van der Waals surface area contributed by atoms with Crippen LogP contribution in [0.1, 0.15) is 36.9 Å². The predicted octanol–water partition coefficient (Wildman–Crippen LogP) is 4.96. The van der Waals surface area contributed by atoms with Gasteiger partial charge in [0.15, 0.2) is 0 Å². The molecule has 1 saturated carbocycles. The van der Waals surface area contributed by atoms with Gasteiger partial charge in [-0.25, -0.2) is 4.79 Å². The molecule has 0 radical (unpaired) electrons. The van der Waals surface area contributed by atoms with Gasteiger partial charge in [-0.1, -0.05) is 54.6 Å². The first-order valence-corrected chi connectivity index (χ1v) is 10.1. The Bertz CT molecular complexity index is 931. The van der Waals surface area contributed by atoms with Crippen molar-refractivity contribution in [2.45, 2.75) is 32.2 Å². The summed E-state index contributed by atoms with van der Waals surface area (Å²) < 4.78 is 0. The van der Waals surface area contributed by atoms with Crippen LogP contribution in [-0.4, -0.2) is 29.0 Å². The Morgan fingerprint density at radius 1 is 1.11 bits per heavy atom. The van der Waals surface area contributed by atoms with Gasteiger partial charge in [-0.15, -0.1) is 0 Å². The van der Waals surface area contributed by atoms with Crippen molar-refractivity contribution < 1.29 is 4.79 Å². The Morgan fingerprint density at radius 2 is 1.89 bits per heavy atom. The molecule has 4 rings (SSSR count). The second kappa shape index (κ2) is 8.42. The van der Waals surface area contributed by atoms with Crippen LogP contribution in [-0.2, 0) is 6.42 Å². The summed E-state index contributed by atoms with van der Waals surface area (Å²) in [6.45, 7) is 3.56. The van der Waals surface area contributed by atoms with E-state index in [1.165, 1.54) is 24.0 Å². The third-order valence-electron chi connectivity index (χ3n) is 5.55. The van der Waals surface area contributed by atoms with Crippen molar-refractivity contribution in [2.75, 3.05) is 13.1 Å². The van der Waals surface area contributed by atoms with E-state index in [-0.39, 0.29) is 12.1 Å². The van der Waals surface area contributed by atoms with E-state index in [2.05, 4.69) is 53.6 Å². The molecular formula is C24H27N3O. The number of para-hydroxylation sites is 1. The van der Waals surface area contributed by atoms with Gasteiger partial charge in [0, 0.05) is 24.7 Å². The average Bonchev–Trinajstić information content (AvgIpc) is 3.56. The lowest BCUT2D eigenvalue weighted by Crippen LogP contribution is -2.43. The maximum absolute atomic E-state index is 13.0. The average molecular weight is 374 g/mol. The molecule has 28 heavy (non-hydrogen) atoms. The number of nitrogens with zero attached hydrogens (tertiary/aromatic N) is 2. The second-order valence-corrected chi connectivity index (χ2v) is 7.66. The summed E-state index contributed by atoms with van der Waals surface area (Å²) in [6, 6.07) is 20.6. The van der Waals surface area contributed by atoms with Crippen molar-refractivity contribution in [1.82, 2.24) is 15.2 Å². The first-order valence-electron chi connectivity index (χ1n) is 10.1. The number of pyridine rings is 1. The number of nitrogens with one attached hydrogen (secondary N) is 1. The predicted molar refractivity (Wildman–Crippen MR) is 113 cm³/mol. The fourth-order valence-electron chi connectivity index (χ4n) is 3.68. The standard InChI is InChI=1S/C24H27N3O/c1-18(20-7-3-2-4-8-20)27(17-19-12-13-19)24(28)26-16-14-22-10-5-9-21-11-6-15-25-23(21)22/h2-11,15,18-19H,12-14,16-17H2,1H3,(H,26,28). The molecule has 1 aliphatic carbocycles. The largest absolute Gasteiger partial charge is 0.338 e. The molecule has 4 nitrogen and oxygen atoms in total. The molecule has 1 aliphatic rings. The molecule has 0 saturated heterocycles. The SMILES string of the molecule is CC(c1ccccc1)N(CC1CC1)C(=O)NCCc1cccc2cccnc12. The molecule has 144 valence electrons. The first-order chi connectivity index (χ1) is 13.7. The highest BCUT2D eigenvalue weighted by Crippen LogP contribution is 2.32. The zero-order valence-corrected chi connectivity index (χ0v) is 16.3. The van der Waals surface area contributed by atoms with Gasteiger partial charge in [-0.3, -0.25) is 4.98 Å². The molecule has 1 unspecified atom stereocenters. The third-order valence-corrected chi connectivity index (χ3v) is 5.55. The van der Waals surface area contributed by atoms with Crippen LogP contribution in [0.3, 0.4) is 0 Å². The molecule has 0 bridgehead atoms. The minimum Gasteiger partial charge on any atom is -0.338 e. The van der Waals surface area contributed by atoms with Crippen LogP contribution < -0.4 is 5.32 Å². The van der Waals surface area contributed by atoms with Crippen molar-refractivity contribution in [3.05, 3.63) is 78.0 Å². The number of hydrogen-bond donors (Lipinski definition) is 1. The summed E-state index contributed by atoms with van der Waals surface area (Å²) >= 11 is 0. The minimum absolute atomic E-state index is 0.0245. The van der Waals surface area contributed by atoms with Crippen LogP contribution in [0.5, 0.6) is 0 Å². The van der Waals surface area contributed by atoms with Crippen molar-refractivity contribution in [3.63, 3.8) is 0 Å². The van der Waals surface area contributed by atoms with Gasteiger partial charge >= 0.3 is 6.03 Å². The van der Waals surface area contributed by atoms with Gasteiger partial charge in [-0.05, 0) is 49.3 Å². The fraction of sp³-hybridized carbons (Fsp3) is 0.333. The number of benzene rings is 2. The summed E-state index contributed by atoms with van der Waals surface area (Å²) in [5, 5.41) is 4.28. The van der Waals surface area contributed by atoms with E-state index in [0.29, 0.717) is 12.5 Å². The molecule has 3 aromatic rings. The lowest BCUT2D eigenvalue weighted by Gasteiger charge is -2.30. The van der Waals surface area contributed by atoms with Gasteiger partial charge in [0.2, 0.25) is 0 Å². The summed E-state index contributed by atoms with van der Waals surface area (Å²) in [7, 11) is 0. The summed E-state index contributed by atoms with van der Waals surface area (Å²) in [4.78, 5) is 19.5. The number of fused-ring (bicyclic) bond motifs is 1. The van der Waals surface area contributed by atoms with Gasteiger partial charge in [-0.2, -0.15) is 0 Å². The molecular weight excluding hydrogens is 346 g/mol. The van der Waals surface area contributed by atoms with Crippen molar-refractivity contribution in [1.29, 1.82) is 0 Å². The topological polar surface area (TPSA) is 45.2 Å². The van der Waals surface area contributed by atoms with Crippen molar-refractivity contribution in [2.24, 2.45) is 5.92 Å². The smallest absolute Gasteiger partial charge is 0.317 e. The summed E-state index contributed by atoms with van der Waals surface area (Å²) in [5.74, 6) is 0.652. The van der Waals surface area contributed by atoms with Crippen LogP contribution in [0.15, 0.2) is 66.9 Å². The zero-order valence-electron chi connectivity index (χ0n) is 16.3. The van der Waals surface area contributed by atoms with E-state index < -0.39 is 0 Å². The summed E-state index contributed by atoms with van der Waals surface area (Å²) in [5.41, 5.74) is 3.37. The van der Waals surface area contributed by atoms with Gasteiger partial charge in [0.1, 0.15) is 0 Å². The first kappa shape index (κ1) is 18.5. The molecule has 1 atom stereocenters. The van der Waals surface area contributed by atoms with E-state index in [9.17, 15) is 4.79 Å². The highest BCUT2D eigenvalue weighted by molar-refractivity contribution is 5.81. The van der Waals surface area contributed by atoms with Crippen molar-refractivity contribution in [3.8, 4) is 0 Å². The number of urea groups is 1. The molecule has 4 heteroatoms. The lowest BCUT2D eigenvalue weighted by atomic mass is 10.1. The van der Waals surface area contributed by atoms with E-state index in [1.807, 2.05) is 35.4 Å². The van der Waals surface area contributed by atoms with Gasteiger partial charge < -0.3 is 10.2 Å². The maximum atomic E-state index is 13.0. The number of hydrogen-bond acceptors (Lipinski definition) is 2. The minimum atomic E-state index is 0.0245. The van der Waals surface area contributed by atoms with Gasteiger partial charge in [0.05, 0.1) is 11.6 Å². The van der Waals surface area contributed by atoms with Gasteiger partial charge in [0.25, 0.3) is 0 Å². The van der Waals surface area contributed by atoms with Crippen LogP contribution in [0.25, 0.3) is 10.9 Å². The Morgan fingerprint density at radius 3 is 2.68 bits per heavy atom. The van der Waals surface area contributed by atoms with Crippen LogP contribution in [0, 0.1) is 5.92 Å². The summed E-state index contributed by atoms with van der Waals surface area (Å²) in [6.07, 6.45) is 5.06. The number of aromatic nitrogens is 1. The van der Waals surface area contributed by atoms with E-state index >= 15 is 0 Å². The molecule has 0 aliphatic heterocycles. The molecule has 1 heterocycles. The van der Waals surface area contributed by atoms with Crippen LogP contribution >= 0.6 is 0 Å². The number of rotatable bonds is 7. The Hall–Kier alpha value is -2.88. The highest BCUT2D eigenvalue weighted by atomic mass is 16.2. The molecule has 1 aromatic heterocycles. The molecule has 2 amide bonds. The quantitative estimate of drug-likeness (QED) is 0.636. The molecule has 1 fully saturated rings.